The van der Waals surface area contributed by atoms with E-state index in [0.29, 0.717) is 5.95 Å². The molecule has 1 aromatic rings. The van der Waals surface area contributed by atoms with Crippen molar-refractivity contribution in [2.45, 2.75) is 32.3 Å². The highest BCUT2D eigenvalue weighted by Gasteiger charge is 2.17. The topological polar surface area (TPSA) is 89.2 Å². The van der Waals surface area contributed by atoms with Crippen molar-refractivity contribution in [3.8, 4) is 18.4 Å². The lowest BCUT2D eigenvalue weighted by atomic mass is 10.1. The molecule has 0 radical (unpaired) electrons. The first-order chi connectivity index (χ1) is 9.22. The van der Waals surface area contributed by atoms with Gasteiger partial charge in [-0.05, 0) is 26.2 Å². The highest BCUT2D eigenvalue weighted by atomic mass is 16.5. The molecule has 2 heterocycles. The fourth-order valence-corrected chi connectivity index (χ4v) is 1.89. The average Bonchev–Trinajstić information content (AvgIpc) is 2.47. The number of piperidine rings is 1. The van der Waals surface area contributed by atoms with E-state index in [4.69, 9.17) is 17.0 Å². The number of hydrogen-bond donors (Lipinski definition) is 2. The summed E-state index contributed by atoms with van der Waals surface area (Å²) >= 11 is 0. The van der Waals surface area contributed by atoms with Gasteiger partial charge in [-0.2, -0.15) is 15.0 Å². The van der Waals surface area contributed by atoms with E-state index in [0.717, 1.165) is 25.9 Å². The van der Waals surface area contributed by atoms with E-state index >= 15 is 0 Å². The molecule has 102 valence electrons. The van der Waals surface area contributed by atoms with Crippen LogP contribution in [0.5, 0.6) is 6.01 Å². The van der Waals surface area contributed by atoms with Crippen LogP contribution in [-0.4, -0.2) is 34.1 Å². The van der Waals surface area contributed by atoms with Crippen LogP contribution < -0.4 is 20.9 Å². The molecule has 0 aliphatic carbocycles. The largest absolute Gasteiger partial charge is 0.447 e. The molecule has 1 unspecified atom stereocenters. The Morgan fingerprint density at radius 1 is 1.32 bits per heavy atom. The Kier molecular flexibility index (Phi) is 4.36. The van der Waals surface area contributed by atoms with Crippen molar-refractivity contribution in [1.29, 1.82) is 0 Å². The van der Waals surface area contributed by atoms with Gasteiger partial charge in [-0.25, -0.2) is 5.84 Å². The number of hydrogen-bond acceptors (Lipinski definition) is 7. The summed E-state index contributed by atoms with van der Waals surface area (Å²) < 4.78 is 5.42. The van der Waals surface area contributed by atoms with E-state index in [1.807, 2.05) is 0 Å². The Bertz CT molecular complexity index is 466. The third kappa shape index (κ3) is 3.45. The van der Waals surface area contributed by atoms with Crippen LogP contribution in [-0.2, 0) is 0 Å². The van der Waals surface area contributed by atoms with E-state index in [2.05, 4.69) is 31.2 Å². The van der Waals surface area contributed by atoms with Gasteiger partial charge in [0.25, 0.3) is 0 Å². The molecule has 1 aliphatic rings. The zero-order chi connectivity index (χ0) is 13.7. The molecule has 1 atom stereocenters. The minimum absolute atomic E-state index is 0.189. The van der Waals surface area contributed by atoms with Crippen LogP contribution >= 0.6 is 0 Å². The maximum absolute atomic E-state index is 5.42. The molecule has 1 fully saturated rings. The summed E-state index contributed by atoms with van der Waals surface area (Å²) in [5.74, 6) is 8.67. The van der Waals surface area contributed by atoms with E-state index in [1.54, 1.807) is 6.92 Å². The number of nitrogen functional groups attached to an aromatic ring is 1. The number of aromatic nitrogens is 3. The van der Waals surface area contributed by atoms with Crippen LogP contribution in [0.4, 0.5) is 11.9 Å². The summed E-state index contributed by atoms with van der Waals surface area (Å²) in [6, 6.07) is 0.189. The van der Waals surface area contributed by atoms with Gasteiger partial charge in [0.1, 0.15) is 0 Å². The highest BCUT2D eigenvalue weighted by Crippen LogP contribution is 2.19. The number of nitrogens with two attached hydrogens (primary N) is 1. The molecule has 7 nitrogen and oxygen atoms in total. The number of anilines is 2. The predicted octanol–water partition coefficient (Wildman–Crippen LogP) is 0.548. The lowest BCUT2D eigenvalue weighted by Crippen LogP contribution is -2.31. The number of hydrazine groups is 1. The molecular formula is C12H18N6O. The Morgan fingerprint density at radius 3 is 2.68 bits per heavy atom. The molecule has 1 saturated heterocycles. The van der Waals surface area contributed by atoms with Gasteiger partial charge in [-0.15, -0.1) is 6.42 Å². The van der Waals surface area contributed by atoms with E-state index in [1.165, 1.54) is 6.42 Å². The van der Waals surface area contributed by atoms with Crippen molar-refractivity contribution < 1.29 is 4.74 Å². The number of terminal acetylenes is 1. The third-order valence-corrected chi connectivity index (χ3v) is 2.89. The molecule has 0 aromatic carbocycles. The number of nitrogens with zero attached hydrogens (tertiary/aromatic N) is 4. The molecule has 19 heavy (non-hydrogen) atoms. The van der Waals surface area contributed by atoms with Crippen molar-refractivity contribution in [3.05, 3.63) is 0 Å². The smallest absolute Gasteiger partial charge is 0.324 e. The number of nitrogens with one attached hydrogen (secondary N) is 1. The van der Waals surface area contributed by atoms with Crippen molar-refractivity contribution in [1.82, 2.24) is 15.0 Å². The van der Waals surface area contributed by atoms with Gasteiger partial charge in [0.2, 0.25) is 11.9 Å². The summed E-state index contributed by atoms with van der Waals surface area (Å²) in [7, 11) is 0. The zero-order valence-corrected chi connectivity index (χ0v) is 11.0. The maximum Gasteiger partial charge on any atom is 0.324 e. The maximum atomic E-state index is 5.42. The first-order valence-corrected chi connectivity index (χ1v) is 6.33. The lowest BCUT2D eigenvalue weighted by Gasteiger charge is -2.26. The van der Waals surface area contributed by atoms with Gasteiger partial charge in [0.15, 0.2) is 6.10 Å². The fourth-order valence-electron chi connectivity index (χ4n) is 1.89. The van der Waals surface area contributed by atoms with E-state index in [-0.39, 0.29) is 12.0 Å². The second-order valence-corrected chi connectivity index (χ2v) is 4.36. The fraction of sp³-hybridized carbons (Fsp3) is 0.583. The van der Waals surface area contributed by atoms with Gasteiger partial charge in [-0.3, -0.25) is 5.43 Å². The van der Waals surface area contributed by atoms with Crippen molar-refractivity contribution >= 4 is 11.9 Å². The minimum atomic E-state index is -0.401. The van der Waals surface area contributed by atoms with Crippen molar-refractivity contribution in [2.24, 2.45) is 5.84 Å². The zero-order valence-electron chi connectivity index (χ0n) is 11.0. The van der Waals surface area contributed by atoms with Gasteiger partial charge >= 0.3 is 6.01 Å². The van der Waals surface area contributed by atoms with Crippen LogP contribution in [0.2, 0.25) is 0 Å². The molecule has 3 N–H and O–H groups in total. The van der Waals surface area contributed by atoms with Crippen LogP contribution in [0.3, 0.4) is 0 Å². The first kappa shape index (κ1) is 13.4. The second kappa shape index (κ2) is 6.20. The Labute approximate surface area is 112 Å². The summed E-state index contributed by atoms with van der Waals surface area (Å²) in [5, 5.41) is 0. The SMILES string of the molecule is C#CC(C)Oc1nc(NN)nc(N2CCCCC2)n1. The van der Waals surface area contributed by atoms with Crippen LogP contribution in [0.25, 0.3) is 0 Å². The monoisotopic (exact) mass is 262 g/mol. The summed E-state index contributed by atoms with van der Waals surface area (Å²) in [4.78, 5) is 14.7. The van der Waals surface area contributed by atoms with Gasteiger partial charge in [0, 0.05) is 13.1 Å². The minimum Gasteiger partial charge on any atom is -0.447 e. The molecule has 2 rings (SSSR count). The van der Waals surface area contributed by atoms with E-state index in [9.17, 15) is 0 Å². The molecule has 0 spiro atoms. The van der Waals surface area contributed by atoms with Crippen LogP contribution in [0.15, 0.2) is 0 Å². The molecule has 0 bridgehead atoms. The highest BCUT2D eigenvalue weighted by molar-refractivity contribution is 5.38. The first-order valence-electron chi connectivity index (χ1n) is 6.33. The molecule has 1 aromatic heterocycles. The predicted molar refractivity (Wildman–Crippen MR) is 72.6 cm³/mol. The van der Waals surface area contributed by atoms with Crippen LogP contribution in [0.1, 0.15) is 26.2 Å². The average molecular weight is 262 g/mol. The van der Waals surface area contributed by atoms with Crippen molar-refractivity contribution in [2.75, 3.05) is 23.4 Å². The number of rotatable bonds is 4. The Hall–Kier alpha value is -2.07. The lowest BCUT2D eigenvalue weighted by molar-refractivity contribution is 0.255. The van der Waals surface area contributed by atoms with Crippen LogP contribution in [0, 0.1) is 12.3 Å². The molecule has 7 heteroatoms. The van der Waals surface area contributed by atoms with Gasteiger partial charge < -0.3 is 9.64 Å². The molecule has 1 aliphatic heterocycles. The van der Waals surface area contributed by atoms with Gasteiger partial charge in [0.05, 0.1) is 0 Å². The Morgan fingerprint density at radius 2 is 2.05 bits per heavy atom. The normalized spacial score (nSPS) is 16.6. The quantitative estimate of drug-likeness (QED) is 0.465. The molecule has 0 amide bonds. The Balaban J connectivity index is 2.22. The molecular weight excluding hydrogens is 244 g/mol. The van der Waals surface area contributed by atoms with E-state index < -0.39 is 6.10 Å². The standard InChI is InChI=1S/C12H18N6O/c1-3-9(2)19-12-15-10(17-13)14-11(16-12)18-7-5-4-6-8-18/h1,9H,4-8,13H2,2H3,(H,14,15,16,17). The summed E-state index contributed by atoms with van der Waals surface area (Å²) in [6.07, 6.45) is 8.38. The van der Waals surface area contributed by atoms with Crippen molar-refractivity contribution in [3.63, 3.8) is 0 Å². The second-order valence-electron chi connectivity index (χ2n) is 4.36. The molecule has 0 saturated carbocycles. The van der Waals surface area contributed by atoms with Gasteiger partial charge in [-0.1, -0.05) is 5.92 Å². The summed E-state index contributed by atoms with van der Waals surface area (Å²) in [5.41, 5.74) is 2.42. The third-order valence-electron chi connectivity index (χ3n) is 2.89. The number of ether oxygens (including phenoxy) is 1. The summed E-state index contributed by atoms with van der Waals surface area (Å²) in [6.45, 7) is 3.61.